The fourth-order valence-corrected chi connectivity index (χ4v) is 11.5. The molecule has 20 nitrogen and oxygen atoms in total. The molecule has 14 atom stereocenters. The molecular weight excluding hydrogens is 968 g/mol. The molecule has 0 spiro atoms. The predicted molar refractivity (Wildman–Crippen MR) is 247 cm³/mol. The number of benzene rings is 2. The summed E-state index contributed by atoms with van der Waals surface area (Å²) in [4.78, 5) is 10.9. The van der Waals surface area contributed by atoms with Gasteiger partial charge in [0.15, 0.2) is 23.1 Å². The topological polar surface area (TPSA) is 219 Å². The maximum Gasteiger partial charge on any atom is 1.00 e. The summed E-state index contributed by atoms with van der Waals surface area (Å²) in [6.45, 7) is 21.9. The molecule has 0 aromatic heterocycles. The molecule has 8 rings (SSSR count). The van der Waals surface area contributed by atoms with Crippen molar-refractivity contribution in [2.75, 3.05) is 14.2 Å². The van der Waals surface area contributed by atoms with Gasteiger partial charge in [-0.2, -0.15) is 0 Å². The van der Waals surface area contributed by atoms with E-state index in [0.29, 0.717) is 17.4 Å². The zero-order chi connectivity index (χ0) is 49.8. The van der Waals surface area contributed by atoms with Crippen molar-refractivity contribution in [3.05, 3.63) is 59.7 Å². The van der Waals surface area contributed by atoms with Crippen LogP contribution in [0.15, 0.2) is 48.5 Å². The zero-order valence-corrected chi connectivity index (χ0v) is 46.5. The van der Waals surface area contributed by atoms with Gasteiger partial charge < -0.3 is 62.9 Å². The third-order valence-electron chi connectivity index (χ3n) is 11.6. The van der Waals surface area contributed by atoms with E-state index in [1.54, 1.807) is 79.7 Å². The van der Waals surface area contributed by atoms with Crippen LogP contribution in [0.1, 0.15) is 100 Å². The fraction of sp³-hybridized carbons (Fsp3) is 0.717. The Hall–Kier alpha value is -1.37. The van der Waals surface area contributed by atoms with E-state index in [1.807, 2.05) is 27.7 Å². The van der Waals surface area contributed by atoms with Crippen LogP contribution < -0.4 is 38.6 Å². The number of fused-ring (bicyclic) bond motifs is 4. The fourth-order valence-electron chi connectivity index (χ4n) is 9.25. The molecule has 4 aliphatic heterocycles. The summed E-state index contributed by atoms with van der Waals surface area (Å²) in [5.74, 6) is -3.25. The number of ether oxygens (including phenoxy) is 10. The molecule has 4 heterocycles. The molecule has 0 bridgehead atoms. The molecule has 3 radical (unpaired) electrons. The van der Waals surface area contributed by atoms with Crippen molar-refractivity contribution in [1.29, 1.82) is 0 Å². The Labute approximate surface area is 436 Å². The van der Waals surface area contributed by atoms with Crippen LogP contribution in [0.4, 0.5) is 0 Å². The number of aldehydes is 1. The third-order valence-corrected chi connectivity index (χ3v) is 14.4. The van der Waals surface area contributed by atoms with E-state index in [4.69, 9.17) is 74.5 Å². The molecule has 6 aliphatic rings. The van der Waals surface area contributed by atoms with Gasteiger partial charge in [0.05, 0.1) is 18.8 Å². The maximum absolute atomic E-state index is 13.6. The SMILES string of the molecule is COP(=O)(Oc1ccc(C=O)cc1)OC1[C@@H]2OC(C)(C)O[C@@H]2C(OC(C)C)[C@@H]2OC(C)(C)O[C@@H]12.COP(=O)(Oc1ccc(CO)cc1)OC1[C@@H]2OC(C)(C)O[C@@H]2C(OC(C)C)[C@@H]2OC(C)(C)O[C@@H]12.[B].[H-].[Na+]. The third kappa shape index (κ3) is 13.7. The molecule has 1 N–H and O–H groups in total. The van der Waals surface area contributed by atoms with Gasteiger partial charge >= 0.3 is 45.2 Å². The number of phosphoric ester groups is 2. The summed E-state index contributed by atoms with van der Waals surface area (Å²) in [5.41, 5.74) is 1.14. The summed E-state index contributed by atoms with van der Waals surface area (Å²) in [6.07, 6.45) is -7.31. The molecule has 4 saturated heterocycles. The quantitative estimate of drug-likeness (QED) is 0.142. The van der Waals surface area contributed by atoms with Crippen molar-refractivity contribution in [3.8, 4) is 11.5 Å². The minimum Gasteiger partial charge on any atom is -1.00 e. The largest absolute Gasteiger partial charge is 1.00 e. The van der Waals surface area contributed by atoms with E-state index >= 15 is 0 Å². The smallest absolute Gasteiger partial charge is 1.00 e. The Balaban J connectivity index is 0.000000296. The van der Waals surface area contributed by atoms with Crippen molar-refractivity contribution in [2.45, 2.75) is 198 Å². The molecule has 387 valence electrons. The van der Waals surface area contributed by atoms with Crippen molar-refractivity contribution in [2.24, 2.45) is 0 Å². The van der Waals surface area contributed by atoms with Crippen LogP contribution in [0.25, 0.3) is 0 Å². The number of carbonyl (C=O) groups excluding carboxylic acids is 1. The Morgan fingerprint density at radius 2 is 0.814 bits per heavy atom. The number of carbonyl (C=O) groups is 1. The summed E-state index contributed by atoms with van der Waals surface area (Å²) in [5, 5.41) is 9.25. The molecule has 6 unspecified atom stereocenters. The summed E-state index contributed by atoms with van der Waals surface area (Å²) >= 11 is 0. The minimum absolute atomic E-state index is 0. The van der Waals surface area contributed by atoms with Gasteiger partial charge in [0, 0.05) is 28.2 Å². The summed E-state index contributed by atoms with van der Waals surface area (Å²) < 4.78 is 123. The normalized spacial score (nSPS) is 34.5. The van der Waals surface area contributed by atoms with E-state index in [9.17, 15) is 19.0 Å². The second-order valence-corrected chi connectivity index (χ2v) is 22.9. The Bertz CT molecular complexity index is 2090. The van der Waals surface area contributed by atoms with Crippen LogP contribution in [0.3, 0.4) is 0 Å². The minimum atomic E-state index is -4.14. The molecule has 2 aromatic rings. The average molecular weight is 1040 g/mol. The van der Waals surface area contributed by atoms with E-state index in [1.165, 1.54) is 38.5 Å². The number of hydrogen-bond donors (Lipinski definition) is 1. The first-order valence-corrected chi connectivity index (χ1v) is 25.7. The van der Waals surface area contributed by atoms with E-state index in [-0.39, 0.29) is 69.7 Å². The number of phosphoric acid groups is 2. The van der Waals surface area contributed by atoms with Crippen LogP contribution in [-0.4, -0.2) is 143 Å². The van der Waals surface area contributed by atoms with Gasteiger partial charge in [-0.25, -0.2) is 9.13 Å². The van der Waals surface area contributed by atoms with Gasteiger partial charge in [-0.3, -0.25) is 22.9 Å². The van der Waals surface area contributed by atoms with Crippen LogP contribution >= 0.6 is 15.6 Å². The molecule has 2 aliphatic carbocycles. The van der Waals surface area contributed by atoms with E-state index < -0.39 is 112 Å². The summed E-state index contributed by atoms with van der Waals surface area (Å²) in [6, 6.07) is 12.6. The molecule has 2 aromatic carbocycles. The number of hydrogen-bond acceptors (Lipinski definition) is 20. The van der Waals surface area contributed by atoms with Crippen LogP contribution in [0.5, 0.6) is 11.5 Å². The molecule has 0 amide bonds. The second kappa shape index (κ2) is 22.9. The summed E-state index contributed by atoms with van der Waals surface area (Å²) in [7, 11) is -5.78. The Morgan fingerprint density at radius 1 is 0.543 bits per heavy atom. The molecule has 2 saturated carbocycles. The first kappa shape index (κ1) is 59.5. The molecule has 24 heteroatoms. The second-order valence-electron chi connectivity index (χ2n) is 19.6. The van der Waals surface area contributed by atoms with Gasteiger partial charge in [0.1, 0.15) is 91.0 Å². The van der Waals surface area contributed by atoms with Crippen LogP contribution in [-0.2, 0) is 81.2 Å². The van der Waals surface area contributed by atoms with Gasteiger partial charge in [-0.15, -0.1) is 0 Å². The molecule has 70 heavy (non-hydrogen) atoms. The van der Waals surface area contributed by atoms with Crippen molar-refractivity contribution in [3.63, 3.8) is 0 Å². The van der Waals surface area contributed by atoms with Crippen LogP contribution in [0.2, 0.25) is 0 Å². The first-order chi connectivity index (χ1) is 31.7. The van der Waals surface area contributed by atoms with Crippen molar-refractivity contribution < 1.29 is 125 Å². The van der Waals surface area contributed by atoms with E-state index in [2.05, 4.69) is 0 Å². The predicted octanol–water partition coefficient (Wildman–Crippen LogP) is 4.15. The zero-order valence-electron chi connectivity index (χ0n) is 43.7. The average Bonchev–Trinajstić information content (AvgIpc) is 3.98. The first-order valence-electron chi connectivity index (χ1n) is 22.8. The Kier molecular flexibility index (Phi) is 19.4. The molecule has 6 fully saturated rings. The number of rotatable bonds is 16. The number of aliphatic hydroxyl groups excluding tert-OH is 1. The van der Waals surface area contributed by atoms with Gasteiger partial charge in [-0.05, 0) is 125 Å². The Morgan fingerprint density at radius 3 is 1.06 bits per heavy atom. The monoisotopic (exact) mass is 1040 g/mol. The maximum atomic E-state index is 13.6. The van der Waals surface area contributed by atoms with Crippen LogP contribution in [0, 0.1) is 0 Å². The van der Waals surface area contributed by atoms with Gasteiger partial charge in [-0.1, -0.05) is 12.1 Å². The van der Waals surface area contributed by atoms with Crippen molar-refractivity contribution >= 4 is 30.3 Å². The standard InChI is InChI=1S/C23H35O10P.C23H33O10P.B.Na.H/c2*1-13(2)27-16-17-19(30-22(3,4)28-17)21(20-18(16)29-23(5,6)31-20)33-34(25,26-7)32-15-10-8-14(12-24)9-11-15;;;/h8-11,13,16-21,24H,12H2,1-7H3;8-13,16-21H,1-7H3;;;/q;;;+1;-1/t2*16?,17-,18+,19-,20-,21?,34?;;;/m11.../s1. The van der Waals surface area contributed by atoms with Crippen molar-refractivity contribution in [1.82, 2.24) is 0 Å². The van der Waals surface area contributed by atoms with Gasteiger partial charge in [0.25, 0.3) is 0 Å². The van der Waals surface area contributed by atoms with Gasteiger partial charge in [0.2, 0.25) is 0 Å². The van der Waals surface area contributed by atoms with E-state index in [0.717, 1.165) is 0 Å². The molecular formula is C46H69BNaO20P2. The number of aliphatic hydroxyl groups is 1.